The standard InChI is InChI=1S/C25H25FN3O3P/c1-3-31-33(32-4-2)16-18-5-10-21(11-6-18)28-25(30)19-7-14-23-24(15-19)29(17-27-23)22-12-8-20(26)9-13-22/h5-15,17H,3-4,16H2,1-2H3,(H,28,30). The molecule has 0 atom stereocenters. The third-order valence-corrected chi connectivity index (χ3v) is 6.70. The molecule has 0 saturated carbocycles. The van der Waals surface area contributed by atoms with Crippen LogP contribution in [0.1, 0.15) is 29.8 Å². The van der Waals surface area contributed by atoms with Gasteiger partial charge < -0.3 is 14.4 Å². The summed E-state index contributed by atoms with van der Waals surface area (Å²) < 4.78 is 26.4. The number of amides is 1. The number of hydrogen-bond donors (Lipinski definition) is 1. The van der Waals surface area contributed by atoms with Crippen molar-refractivity contribution < 1.29 is 18.2 Å². The van der Waals surface area contributed by atoms with Crippen LogP contribution in [0.2, 0.25) is 0 Å². The molecule has 0 radical (unpaired) electrons. The Bertz CT molecular complexity index is 1220. The topological polar surface area (TPSA) is 65.4 Å². The van der Waals surface area contributed by atoms with E-state index >= 15 is 0 Å². The van der Waals surface area contributed by atoms with Crippen LogP contribution < -0.4 is 5.32 Å². The lowest BCUT2D eigenvalue weighted by Crippen LogP contribution is -2.12. The Morgan fingerprint density at radius 3 is 2.36 bits per heavy atom. The summed E-state index contributed by atoms with van der Waals surface area (Å²) in [7, 11) is -0.953. The lowest BCUT2D eigenvalue weighted by molar-refractivity contribution is 0.102. The molecule has 6 nitrogen and oxygen atoms in total. The number of carbonyl (C=O) groups excluding carboxylic acids is 1. The fraction of sp³-hybridized carbons (Fsp3) is 0.200. The lowest BCUT2D eigenvalue weighted by atomic mass is 10.1. The van der Waals surface area contributed by atoms with Crippen molar-refractivity contribution in [2.75, 3.05) is 18.5 Å². The number of nitrogens with one attached hydrogen (secondary N) is 1. The second kappa shape index (κ2) is 10.7. The third kappa shape index (κ3) is 5.63. The number of benzene rings is 3. The first-order chi connectivity index (χ1) is 16.1. The van der Waals surface area contributed by atoms with E-state index in [0.29, 0.717) is 30.6 Å². The van der Waals surface area contributed by atoms with E-state index in [0.717, 1.165) is 22.3 Å². The number of imidazole rings is 1. The molecule has 1 amide bonds. The van der Waals surface area contributed by atoms with Crippen LogP contribution in [0.4, 0.5) is 10.1 Å². The SMILES string of the molecule is CCOP(Cc1ccc(NC(=O)c2ccc3ncn(-c4ccc(F)cc4)c3c2)cc1)OCC. The van der Waals surface area contributed by atoms with Gasteiger partial charge in [0.25, 0.3) is 5.91 Å². The van der Waals surface area contributed by atoms with Gasteiger partial charge in [0.05, 0.1) is 24.2 Å². The summed E-state index contributed by atoms with van der Waals surface area (Å²) >= 11 is 0. The Morgan fingerprint density at radius 2 is 1.70 bits per heavy atom. The molecule has 0 bridgehead atoms. The molecule has 0 saturated heterocycles. The van der Waals surface area contributed by atoms with Crippen LogP contribution in [0.3, 0.4) is 0 Å². The van der Waals surface area contributed by atoms with Gasteiger partial charge in [0, 0.05) is 23.1 Å². The second-order valence-corrected chi connectivity index (χ2v) is 8.77. The number of carbonyl (C=O) groups is 1. The van der Waals surface area contributed by atoms with E-state index in [1.54, 1.807) is 36.7 Å². The lowest BCUT2D eigenvalue weighted by Gasteiger charge is -2.15. The number of rotatable bonds is 9. The van der Waals surface area contributed by atoms with Crippen LogP contribution in [0, 0.1) is 5.82 Å². The van der Waals surface area contributed by atoms with Gasteiger partial charge in [-0.1, -0.05) is 12.1 Å². The predicted molar refractivity (Wildman–Crippen MR) is 129 cm³/mol. The molecule has 4 aromatic rings. The van der Waals surface area contributed by atoms with E-state index in [1.165, 1.54) is 12.1 Å². The molecule has 0 aliphatic rings. The Hall–Kier alpha value is -3.12. The highest BCUT2D eigenvalue weighted by Gasteiger charge is 2.13. The summed E-state index contributed by atoms with van der Waals surface area (Å²) in [6.45, 7) is 5.14. The van der Waals surface area contributed by atoms with Gasteiger partial charge in [-0.25, -0.2) is 9.37 Å². The largest absolute Gasteiger partial charge is 0.334 e. The summed E-state index contributed by atoms with van der Waals surface area (Å²) in [5.74, 6) is -0.524. The first-order valence-electron chi connectivity index (χ1n) is 10.7. The first kappa shape index (κ1) is 23.1. The molecular weight excluding hydrogens is 440 g/mol. The number of fused-ring (bicyclic) bond motifs is 1. The number of nitrogens with zero attached hydrogens (tertiary/aromatic N) is 2. The fourth-order valence-electron chi connectivity index (χ4n) is 3.42. The molecule has 0 fully saturated rings. The first-order valence-corrected chi connectivity index (χ1v) is 12.1. The second-order valence-electron chi connectivity index (χ2n) is 7.27. The molecule has 1 heterocycles. The Morgan fingerprint density at radius 1 is 1.00 bits per heavy atom. The van der Waals surface area contributed by atoms with Crippen molar-refractivity contribution in [2.24, 2.45) is 0 Å². The molecule has 1 aromatic heterocycles. The van der Waals surface area contributed by atoms with Gasteiger partial charge in [-0.15, -0.1) is 0 Å². The van der Waals surface area contributed by atoms with Crippen molar-refractivity contribution >= 4 is 31.0 Å². The van der Waals surface area contributed by atoms with Crippen molar-refractivity contribution in [1.82, 2.24) is 9.55 Å². The number of anilines is 1. The van der Waals surface area contributed by atoms with Gasteiger partial charge in [0.2, 0.25) is 0 Å². The van der Waals surface area contributed by atoms with Crippen molar-refractivity contribution in [3.63, 3.8) is 0 Å². The van der Waals surface area contributed by atoms with E-state index < -0.39 is 8.38 Å². The van der Waals surface area contributed by atoms with Gasteiger partial charge >= 0.3 is 0 Å². The zero-order valence-corrected chi connectivity index (χ0v) is 19.4. The summed E-state index contributed by atoms with van der Waals surface area (Å²) in [6, 6.07) is 19.2. The van der Waals surface area contributed by atoms with E-state index in [1.807, 2.05) is 42.7 Å². The minimum atomic E-state index is -0.953. The monoisotopic (exact) mass is 465 g/mol. The predicted octanol–water partition coefficient (Wildman–Crippen LogP) is 6.30. The minimum absolute atomic E-state index is 0.220. The smallest absolute Gasteiger partial charge is 0.255 e. The van der Waals surface area contributed by atoms with Gasteiger partial charge in [-0.05, 0) is 74.0 Å². The van der Waals surface area contributed by atoms with Crippen molar-refractivity contribution in [3.05, 3.63) is 90.0 Å². The van der Waals surface area contributed by atoms with Gasteiger partial charge in [0.15, 0.2) is 8.38 Å². The fourth-order valence-corrected chi connectivity index (χ4v) is 4.76. The highest BCUT2D eigenvalue weighted by Crippen LogP contribution is 2.42. The molecular formula is C25H25FN3O3P. The summed E-state index contributed by atoms with van der Waals surface area (Å²) in [5.41, 5.74) is 4.58. The third-order valence-electron chi connectivity index (χ3n) is 4.98. The average Bonchev–Trinajstić information content (AvgIpc) is 3.24. The van der Waals surface area contributed by atoms with E-state index in [2.05, 4.69) is 10.3 Å². The quantitative estimate of drug-likeness (QED) is 0.295. The maximum atomic E-state index is 13.3. The number of halogens is 1. The van der Waals surface area contributed by atoms with E-state index in [-0.39, 0.29) is 11.7 Å². The van der Waals surface area contributed by atoms with Crippen LogP contribution in [-0.2, 0) is 15.2 Å². The normalized spacial score (nSPS) is 11.3. The summed E-state index contributed by atoms with van der Waals surface area (Å²) in [4.78, 5) is 17.3. The average molecular weight is 465 g/mol. The highest BCUT2D eigenvalue weighted by molar-refractivity contribution is 7.46. The van der Waals surface area contributed by atoms with Gasteiger partial charge in [-0.3, -0.25) is 9.36 Å². The van der Waals surface area contributed by atoms with E-state index in [4.69, 9.17) is 9.05 Å². The van der Waals surface area contributed by atoms with Crippen LogP contribution in [0.5, 0.6) is 0 Å². The number of hydrogen-bond acceptors (Lipinski definition) is 4. The molecule has 8 heteroatoms. The van der Waals surface area contributed by atoms with E-state index in [9.17, 15) is 9.18 Å². The maximum absolute atomic E-state index is 13.3. The molecule has 3 aromatic carbocycles. The highest BCUT2D eigenvalue weighted by atomic mass is 31.2. The molecule has 0 aliphatic carbocycles. The zero-order chi connectivity index (χ0) is 23.2. The van der Waals surface area contributed by atoms with Crippen molar-refractivity contribution in [1.29, 1.82) is 0 Å². The van der Waals surface area contributed by atoms with Crippen LogP contribution in [0.15, 0.2) is 73.1 Å². The Kier molecular flexibility index (Phi) is 7.45. The zero-order valence-electron chi connectivity index (χ0n) is 18.5. The summed E-state index contributed by atoms with van der Waals surface area (Å²) in [6.07, 6.45) is 2.37. The molecule has 170 valence electrons. The van der Waals surface area contributed by atoms with Gasteiger partial charge in [0.1, 0.15) is 12.1 Å². The molecule has 0 spiro atoms. The van der Waals surface area contributed by atoms with Crippen LogP contribution in [-0.4, -0.2) is 28.7 Å². The van der Waals surface area contributed by atoms with Gasteiger partial charge in [-0.2, -0.15) is 0 Å². The minimum Gasteiger partial charge on any atom is -0.334 e. The van der Waals surface area contributed by atoms with Crippen LogP contribution in [0.25, 0.3) is 16.7 Å². The molecule has 4 rings (SSSR count). The van der Waals surface area contributed by atoms with Crippen molar-refractivity contribution in [2.45, 2.75) is 20.0 Å². The molecule has 33 heavy (non-hydrogen) atoms. The molecule has 0 unspecified atom stereocenters. The van der Waals surface area contributed by atoms with Crippen molar-refractivity contribution in [3.8, 4) is 5.69 Å². The van der Waals surface area contributed by atoms with Crippen LogP contribution >= 0.6 is 8.38 Å². The Balaban J connectivity index is 1.48. The molecule has 1 N–H and O–H groups in total. The Labute approximate surface area is 193 Å². The number of aromatic nitrogens is 2. The maximum Gasteiger partial charge on any atom is 0.255 e. The summed E-state index contributed by atoms with van der Waals surface area (Å²) in [5, 5.41) is 2.94. The molecule has 0 aliphatic heterocycles.